The molecule has 0 fully saturated rings. The minimum absolute atomic E-state index is 0.148. The van der Waals surface area contributed by atoms with Gasteiger partial charge in [0.25, 0.3) is 0 Å². The lowest BCUT2D eigenvalue weighted by Crippen LogP contribution is -2.34. The second kappa shape index (κ2) is 9.34. The second-order valence-electron chi connectivity index (χ2n) is 6.47. The van der Waals surface area contributed by atoms with Crippen LogP contribution in [0.15, 0.2) is 65.1 Å². The molecule has 30 heavy (non-hydrogen) atoms. The van der Waals surface area contributed by atoms with Crippen LogP contribution in [-0.2, 0) is 9.53 Å². The van der Waals surface area contributed by atoms with E-state index in [4.69, 9.17) is 4.42 Å². The van der Waals surface area contributed by atoms with Crippen molar-refractivity contribution in [3.63, 3.8) is 0 Å². The van der Waals surface area contributed by atoms with Gasteiger partial charge in [0.15, 0.2) is 6.61 Å². The third kappa shape index (κ3) is 6.00. The van der Waals surface area contributed by atoms with Crippen molar-refractivity contribution >= 4 is 23.0 Å². The summed E-state index contributed by atoms with van der Waals surface area (Å²) in [7, 11) is 0. The first kappa shape index (κ1) is 21.2. The van der Waals surface area contributed by atoms with Crippen LogP contribution in [-0.4, -0.2) is 31.3 Å². The summed E-state index contributed by atoms with van der Waals surface area (Å²) in [5.41, 5.74) is 1.47. The van der Waals surface area contributed by atoms with E-state index in [-0.39, 0.29) is 13.0 Å². The van der Waals surface area contributed by atoms with E-state index in [1.165, 1.54) is 0 Å². The van der Waals surface area contributed by atoms with E-state index >= 15 is 0 Å². The van der Waals surface area contributed by atoms with Crippen molar-refractivity contribution < 1.29 is 31.9 Å². The first-order valence-electron chi connectivity index (χ1n) is 9.12. The lowest BCUT2D eigenvalue weighted by Gasteiger charge is -2.17. The van der Waals surface area contributed by atoms with Gasteiger partial charge >= 0.3 is 12.3 Å². The summed E-state index contributed by atoms with van der Waals surface area (Å²) in [4.78, 5) is 23.6. The minimum atomic E-state index is -4.61. The molecule has 0 bridgehead atoms. The van der Waals surface area contributed by atoms with Crippen LogP contribution in [0, 0.1) is 0 Å². The molecule has 1 aromatic heterocycles. The maximum absolute atomic E-state index is 12.4. The van der Waals surface area contributed by atoms with Crippen molar-refractivity contribution in [2.75, 3.05) is 13.2 Å². The number of alkyl halides is 3. The molecule has 3 rings (SSSR count). The van der Waals surface area contributed by atoms with E-state index in [9.17, 15) is 22.8 Å². The van der Waals surface area contributed by atoms with E-state index in [0.29, 0.717) is 11.3 Å². The molecule has 2 N–H and O–H groups in total. The standard InChI is InChI=1S/C21H19F3N2O4/c22-21(23,24)13-29-20(28)25-11-10-18(27)26-19(14-6-2-1-3-7-14)17-12-15-8-4-5-9-16(15)30-17/h1-9,12,19H,10-11,13H2,(H,25,28)(H,26,27). The van der Waals surface area contributed by atoms with Crippen LogP contribution in [0.2, 0.25) is 0 Å². The number of benzene rings is 2. The van der Waals surface area contributed by atoms with Gasteiger partial charge in [0.1, 0.15) is 17.4 Å². The second-order valence-corrected chi connectivity index (χ2v) is 6.47. The smallest absolute Gasteiger partial charge is 0.422 e. The van der Waals surface area contributed by atoms with E-state index in [0.717, 1.165) is 10.9 Å². The van der Waals surface area contributed by atoms with Gasteiger partial charge in [-0.25, -0.2) is 4.79 Å². The third-order valence-corrected chi connectivity index (χ3v) is 4.16. The normalized spacial score (nSPS) is 12.4. The van der Waals surface area contributed by atoms with Crippen molar-refractivity contribution in [2.45, 2.75) is 18.6 Å². The quantitative estimate of drug-likeness (QED) is 0.597. The van der Waals surface area contributed by atoms with E-state index < -0.39 is 30.8 Å². The fraction of sp³-hybridized carbons (Fsp3) is 0.238. The topological polar surface area (TPSA) is 80.6 Å². The molecular weight excluding hydrogens is 401 g/mol. The Labute approximate surface area is 170 Å². The maximum atomic E-state index is 12.4. The summed E-state index contributed by atoms with van der Waals surface area (Å²) in [5, 5.41) is 5.84. The molecule has 0 spiro atoms. The fourth-order valence-electron chi connectivity index (χ4n) is 2.82. The van der Waals surface area contributed by atoms with Gasteiger partial charge in [-0.05, 0) is 17.7 Å². The number of carbonyl (C=O) groups is 2. The van der Waals surface area contributed by atoms with Crippen molar-refractivity contribution in [1.82, 2.24) is 10.6 Å². The molecule has 2 aromatic carbocycles. The highest BCUT2D eigenvalue weighted by Gasteiger charge is 2.29. The van der Waals surface area contributed by atoms with Crippen LogP contribution >= 0.6 is 0 Å². The van der Waals surface area contributed by atoms with Crippen LogP contribution in [0.1, 0.15) is 23.8 Å². The van der Waals surface area contributed by atoms with E-state index in [1.807, 2.05) is 60.7 Å². The van der Waals surface area contributed by atoms with E-state index in [1.54, 1.807) is 0 Å². The van der Waals surface area contributed by atoms with Crippen molar-refractivity contribution in [3.8, 4) is 0 Å². The summed E-state index contributed by atoms with van der Waals surface area (Å²) >= 11 is 0. The van der Waals surface area contributed by atoms with Gasteiger partial charge in [0, 0.05) is 18.4 Å². The summed E-state index contributed by atoms with van der Waals surface area (Å²) in [6.07, 6.45) is -5.99. The van der Waals surface area contributed by atoms with Crippen molar-refractivity contribution in [3.05, 3.63) is 72.0 Å². The lowest BCUT2D eigenvalue weighted by molar-refractivity contribution is -0.160. The van der Waals surface area contributed by atoms with Crippen LogP contribution in [0.25, 0.3) is 11.0 Å². The summed E-state index contributed by atoms with van der Waals surface area (Å²) in [5.74, 6) is 0.119. The Morgan fingerprint density at radius 1 is 1.03 bits per heavy atom. The summed E-state index contributed by atoms with van der Waals surface area (Å²) in [6.45, 7) is -1.86. The molecule has 1 heterocycles. The monoisotopic (exact) mass is 420 g/mol. The van der Waals surface area contributed by atoms with Gasteiger partial charge in [-0.3, -0.25) is 4.79 Å². The Balaban J connectivity index is 1.62. The van der Waals surface area contributed by atoms with Crippen molar-refractivity contribution in [2.24, 2.45) is 0 Å². The molecule has 0 aliphatic rings. The molecule has 6 nitrogen and oxygen atoms in total. The molecule has 0 saturated carbocycles. The highest BCUT2D eigenvalue weighted by molar-refractivity contribution is 5.80. The maximum Gasteiger partial charge on any atom is 0.422 e. The minimum Gasteiger partial charge on any atom is -0.459 e. The molecule has 0 aliphatic heterocycles. The molecule has 0 radical (unpaired) electrons. The number of nitrogens with one attached hydrogen (secondary N) is 2. The molecular formula is C21H19F3N2O4. The number of carbonyl (C=O) groups excluding carboxylic acids is 2. The third-order valence-electron chi connectivity index (χ3n) is 4.16. The van der Waals surface area contributed by atoms with Gasteiger partial charge in [-0.1, -0.05) is 48.5 Å². The van der Waals surface area contributed by atoms with Gasteiger partial charge in [-0.15, -0.1) is 0 Å². The number of furan rings is 1. The highest BCUT2D eigenvalue weighted by atomic mass is 19.4. The number of hydrogen-bond acceptors (Lipinski definition) is 4. The molecule has 0 aliphatic carbocycles. The first-order valence-corrected chi connectivity index (χ1v) is 9.12. The Morgan fingerprint density at radius 2 is 1.73 bits per heavy atom. The zero-order valence-corrected chi connectivity index (χ0v) is 15.7. The molecule has 1 atom stereocenters. The van der Waals surface area contributed by atoms with Gasteiger partial charge in [-0.2, -0.15) is 13.2 Å². The van der Waals surface area contributed by atoms with Crippen LogP contribution < -0.4 is 10.6 Å². The fourth-order valence-corrected chi connectivity index (χ4v) is 2.82. The Morgan fingerprint density at radius 3 is 2.43 bits per heavy atom. The number of alkyl carbamates (subject to hydrolysis) is 1. The summed E-state index contributed by atoms with van der Waals surface area (Å²) < 4.78 is 46.0. The molecule has 2 amide bonds. The number of para-hydroxylation sites is 1. The predicted molar refractivity (Wildman–Crippen MR) is 103 cm³/mol. The Bertz CT molecular complexity index is 969. The first-order chi connectivity index (χ1) is 14.3. The van der Waals surface area contributed by atoms with Gasteiger partial charge in [0.05, 0.1) is 0 Å². The number of rotatable bonds is 7. The highest BCUT2D eigenvalue weighted by Crippen LogP contribution is 2.28. The molecule has 1 unspecified atom stereocenters. The average Bonchev–Trinajstić information content (AvgIpc) is 3.14. The average molecular weight is 420 g/mol. The number of fused-ring (bicyclic) bond motifs is 1. The number of amides is 2. The van der Waals surface area contributed by atoms with Gasteiger partial charge < -0.3 is 19.8 Å². The SMILES string of the molecule is O=C(CCNC(=O)OCC(F)(F)F)NC(c1ccccc1)c1cc2ccccc2o1. The number of halogens is 3. The van der Waals surface area contributed by atoms with Crippen molar-refractivity contribution in [1.29, 1.82) is 0 Å². The predicted octanol–water partition coefficient (Wildman–Crippen LogP) is 4.32. The largest absolute Gasteiger partial charge is 0.459 e. The zero-order valence-electron chi connectivity index (χ0n) is 15.7. The van der Waals surface area contributed by atoms with Crippen LogP contribution in [0.5, 0.6) is 0 Å². The van der Waals surface area contributed by atoms with Crippen LogP contribution in [0.3, 0.4) is 0 Å². The number of ether oxygens (including phenoxy) is 1. The number of hydrogen-bond donors (Lipinski definition) is 2. The van der Waals surface area contributed by atoms with E-state index in [2.05, 4.69) is 15.4 Å². The van der Waals surface area contributed by atoms with Crippen LogP contribution in [0.4, 0.5) is 18.0 Å². The molecule has 158 valence electrons. The molecule has 3 aromatic rings. The molecule has 0 saturated heterocycles. The summed E-state index contributed by atoms with van der Waals surface area (Å²) in [6, 6.07) is 17.9. The Hall–Kier alpha value is -3.49. The zero-order chi connectivity index (χ0) is 21.6. The Kier molecular flexibility index (Phi) is 6.61. The van der Waals surface area contributed by atoms with Gasteiger partial charge in [0.2, 0.25) is 5.91 Å². The lowest BCUT2D eigenvalue weighted by atomic mass is 10.0. The molecule has 9 heteroatoms.